The molecule has 25 heavy (non-hydrogen) atoms. The summed E-state index contributed by atoms with van der Waals surface area (Å²) in [4.78, 5) is 22.2. The molecule has 136 valence electrons. The summed E-state index contributed by atoms with van der Waals surface area (Å²) < 4.78 is 1.17. The molecule has 1 aliphatic rings. The van der Waals surface area contributed by atoms with Gasteiger partial charge in [-0.3, -0.25) is 9.69 Å². The second-order valence-corrected chi connectivity index (χ2v) is 8.41. The maximum absolute atomic E-state index is 13.2. The second kappa shape index (κ2) is 8.28. The Morgan fingerprint density at radius 2 is 1.96 bits per heavy atom. The number of aryl methyl sites for hydroxylation is 1. The van der Waals surface area contributed by atoms with E-state index in [2.05, 4.69) is 44.1 Å². The Kier molecular flexibility index (Phi) is 6.07. The number of carbonyl (C=O) groups excluding carboxylic acids is 1. The van der Waals surface area contributed by atoms with Crippen molar-refractivity contribution in [3.05, 3.63) is 23.8 Å². The van der Waals surface area contributed by atoms with Crippen molar-refractivity contribution >= 4 is 32.6 Å². The molecule has 5 heteroatoms. The van der Waals surface area contributed by atoms with Gasteiger partial charge in [0.2, 0.25) is 5.91 Å². The second-order valence-electron chi connectivity index (χ2n) is 7.40. The zero-order chi connectivity index (χ0) is 17.8. The van der Waals surface area contributed by atoms with Gasteiger partial charge in [0.1, 0.15) is 0 Å². The number of hydrogen-bond donors (Lipinski definition) is 0. The van der Waals surface area contributed by atoms with Crippen LogP contribution >= 0.6 is 11.3 Å². The van der Waals surface area contributed by atoms with E-state index in [-0.39, 0.29) is 11.8 Å². The molecule has 1 amide bonds. The van der Waals surface area contributed by atoms with Crippen molar-refractivity contribution in [1.82, 2.24) is 9.88 Å². The SMILES string of the molecule is Cc1cccc2sc(N(CCCN(C)C)C(=O)C3CCCCC3)nc12. The zero-order valence-corrected chi connectivity index (χ0v) is 16.4. The van der Waals surface area contributed by atoms with Crippen LogP contribution in [0, 0.1) is 12.8 Å². The van der Waals surface area contributed by atoms with E-state index in [0.717, 1.165) is 43.0 Å². The van der Waals surface area contributed by atoms with Gasteiger partial charge in [-0.2, -0.15) is 0 Å². The average Bonchev–Trinajstić information content (AvgIpc) is 3.04. The van der Waals surface area contributed by atoms with Crippen LogP contribution in [-0.4, -0.2) is 43.0 Å². The van der Waals surface area contributed by atoms with E-state index < -0.39 is 0 Å². The van der Waals surface area contributed by atoms with Gasteiger partial charge in [-0.1, -0.05) is 42.7 Å². The fourth-order valence-electron chi connectivity index (χ4n) is 3.61. The minimum Gasteiger partial charge on any atom is -0.309 e. The molecule has 0 aliphatic heterocycles. The number of anilines is 1. The molecule has 1 aromatic carbocycles. The van der Waals surface area contributed by atoms with Gasteiger partial charge in [-0.25, -0.2) is 4.98 Å². The largest absolute Gasteiger partial charge is 0.309 e. The first-order valence-corrected chi connectivity index (χ1v) is 10.2. The summed E-state index contributed by atoms with van der Waals surface area (Å²) in [6.07, 6.45) is 6.67. The normalized spacial score (nSPS) is 15.8. The van der Waals surface area contributed by atoms with Gasteiger partial charge >= 0.3 is 0 Å². The zero-order valence-electron chi connectivity index (χ0n) is 15.6. The lowest BCUT2D eigenvalue weighted by atomic mass is 9.88. The fraction of sp³-hybridized carbons (Fsp3) is 0.600. The summed E-state index contributed by atoms with van der Waals surface area (Å²) in [5.41, 5.74) is 2.22. The summed E-state index contributed by atoms with van der Waals surface area (Å²) in [5.74, 6) is 0.469. The minimum absolute atomic E-state index is 0.182. The Hall–Kier alpha value is -1.46. The molecule has 0 atom stereocenters. The van der Waals surface area contributed by atoms with Crippen LogP contribution in [0.15, 0.2) is 18.2 Å². The molecule has 0 bridgehead atoms. The minimum atomic E-state index is 0.182. The molecule has 4 nitrogen and oxygen atoms in total. The summed E-state index contributed by atoms with van der Waals surface area (Å²) in [6.45, 7) is 3.83. The molecule has 1 aliphatic carbocycles. The smallest absolute Gasteiger partial charge is 0.231 e. The van der Waals surface area contributed by atoms with Crippen molar-refractivity contribution in [3.8, 4) is 0 Å². The molecule has 1 saturated carbocycles. The van der Waals surface area contributed by atoms with Crippen molar-refractivity contribution in [2.24, 2.45) is 5.92 Å². The third-order valence-electron chi connectivity index (χ3n) is 5.05. The van der Waals surface area contributed by atoms with Gasteiger partial charge in [0, 0.05) is 12.5 Å². The Morgan fingerprint density at radius 1 is 1.20 bits per heavy atom. The number of fused-ring (bicyclic) bond motifs is 1. The molecule has 0 N–H and O–H groups in total. The monoisotopic (exact) mass is 359 g/mol. The van der Waals surface area contributed by atoms with Gasteiger partial charge in [0.05, 0.1) is 10.2 Å². The third-order valence-corrected chi connectivity index (χ3v) is 6.09. The first kappa shape index (κ1) is 18.3. The van der Waals surface area contributed by atoms with Gasteiger partial charge in [0.15, 0.2) is 5.13 Å². The molecule has 1 heterocycles. The first-order valence-electron chi connectivity index (χ1n) is 9.38. The summed E-state index contributed by atoms with van der Waals surface area (Å²) >= 11 is 1.65. The van der Waals surface area contributed by atoms with Gasteiger partial charge < -0.3 is 4.90 Å². The molecule has 2 aromatic rings. The number of para-hydroxylation sites is 1. The van der Waals surface area contributed by atoms with Crippen LogP contribution in [0.25, 0.3) is 10.2 Å². The van der Waals surface area contributed by atoms with Crippen LogP contribution in [0.3, 0.4) is 0 Å². The van der Waals surface area contributed by atoms with E-state index in [1.54, 1.807) is 11.3 Å². The number of rotatable bonds is 6. The molecule has 0 radical (unpaired) electrons. The number of amides is 1. The topological polar surface area (TPSA) is 36.4 Å². The predicted molar refractivity (Wildman–Crippen MR) is 106 cm³/mol. The number of aromatic nitrogens is 1. The van der Waals surface area contributed by atoms with Crippen LogP contribution in [0.1, 0.15) is 44.1 Å². The van der Waals surface area contributed by atoms with Crippen LogP contribution in [-0.2, 0) is 4.79 Å². The van der Waals surface area contributed by atoms with Crippen molar-refractivity contribution in [1.29, 1.82) is 0 Å². The quantitative estimate of drug-likeness (QED) is 0.763. The van der Waals surface area contributed by atoms with Crippen molar-refractivity contribution < 1.29 is 4.79 Å². The van der Waals surface area contributed by atoms with Gasteiger partial charge in [-0.05, 0) is 58.5 Å². The van der Waals surface area contributed by atoms with Gasteiger partial charge in [0.25, 0.3) is 0 Å². The number of carbonyl (C=O) groups is 1. The molecule has 3 rings (SSSR count). The van der Waals surface area contributed by atoms with Crippen molar-refractivity contribution in [3.63, 3.8) is 0 Å². The van der Waals surface area contributed by atoms with Gasteiger partial charge in [-0.15, -0.1) is 0 Å². The highest BCUT2D eigenvalue weighted by Crippen LogP contribution is 2.33. The van der Waals surface area contributed by atoms with E-state index >= 15 is 0 Å². The molecular weight excluding hydrogens is 330 g/mol. The predicted octanol–water partition coefficient (Wildman–Crippen LogP) is 4.47. The summed E-state index contributed by atoms with van der Waals surface area (Å²) in [7, 11) is 4.16. The fourth-order valence-corrected chi connectivity index (χ4v) is 4.68. The molecule has 0 spiro atoms. The first-order chi connectivity index (χ1) is 12.1. The van der Waals surface area contributed by atoms with E-state index in [9.17, 15) is 4.79 Å². The Morgan fingerprint density at radius 3 is 2.64 bits per heavy atom. The van der Waals surface area contributed by atoms with Crippen LogP contribution in [0.4, 0.5) is 5.13 Å². The molecule has 1 fully saturated rings. The summed E-state index contributed by atoms with van der Waals surface area (Å²) in [5, 5.41) is 0.874. The van der Waals surface area contributed by atoms with E-state index in [1.807, 2.05) is 4.90 Å². The van der Waals surface area contributed by atoms with Crippen LogP contribution in [0.5, 0.6) is 0 Å². The van der Waals surface area contributed by atoms with Crippen molar-refractivity contribution in [2.75, 3.05) is 32.1 Å². The van der Waals surface area contributed by atoms with Crippen LogP contribution in [0.2, 0.25) is 0 Å². The maximum atomic E-state index is 13.2. The highest BCUT2D eigenvalue weighted by molar-refractivity contribution is 7.22. The van der Waals surface area contributed by atoms with E-state index in [1.165, 1.54) is 29.5 Å². The Balaban J connectivity index is 1.85. The lowest BCUT2D eigenvalue weighted by Crippen LogP contribution is -2.38. The molecular formula is C20H29N3OS. The third kappa shape index (κ3) is 4.39. The number of hydrogen-bond acceptors (Lipinski definition) is 4. The lowest BCUT2D eigenvalue weighted by molar-refractivity contribution is -0.123. The maximum Gasteiger partial charge on any atom is 0.231 e. The lowest BCUT2D eigenvalue weighted by Gasteiger charge is -2.28. The number of thiazole rings is 1. The van der Waals surface area contributed by atoms with Crippen molar-refractivity contribution in [2.45, 2.75) is 45.4 Å². The Labute approximate surface area is 154 Å². The summed E-state index contributed by atoms with van der Waals surface area (Å²) in [6, 6.07) is 6.26. The highest BCUT2D eigenvalue weighted by Gasteiger charge is 2.28. The highest BCUT2D eigenvalue weighted by atomic mass is 32.1. The van der Waals surface area contributed by atoms with Crippen LogP contribution < -0.4 is 4.90 Å². The number of nitrogens with zero attached hydrogens (tertiary/aromatic N) is 3. The molecule has 0 unspecified atom stereocenters. The average molecular weight is 360 g/mol. The molecule has 1 aromatic heterocycles. The standard InChI is InChI=1S/C20H29N3OS/c1-15-9-7-12-17-18(15)21-20(25-17)23(14-8-13-22(2)3)19(24)16-10-5-4-6-11-16/h7,9,12,16H,4-6,8,10-11,13-14H2,1-3H3. The van der Waals surface area contributed by atoms with E-state index in [0.29, 0.717) is 0 Å². The van der Waals surface area contributed by atoms with E-state index in [4.69, 9.17) is 4.98 Å². The number of benzene rings is 1. The Bertz CT molecular complexity index is 719. The molecule has 0 saturated heterocycles.